The van der Waals surface area contributed by atoms with Crippen molar-refractivity contribution in [2.45, 2.75) is 9.64 Å². The van der Waals surface area contributed by atoms with Gasteiger partial charge >= 0.3 is 0 Å². The van der Waals surface area contributed by atoms with Gasteiger partial charge in [-0.05, 0) is 40.6 Å². The third kappa shape index (κ3) is 2.33. The maximum absolute atomic E-state index is 14.2. The first-order chi connectivity index (χ1) is 14.5. The van der Waals surface area contributed by atoms with Gasteiger partial charge in [-0.25, -0.2) is 8.42 Å². The Morgan fingerprint density at radius 3 is 2.13 bits per heavy atom. The van der Waals surface area contributed by atoms with Crippen LogP contribution in [0.1, 0.15) is 11.1 Å². The van der Waals surface area contributed by atoms with Gasteiger partial charge < -0.3 is 4.90 Å². The van der Waals surface area contributed by atoms with E-state index in [0.29, 0.717) is 16.8 Å². The summed E-state index contributed by atoms with van der Waals surface area (Å²) in [5, 5.41) is 1.87. The van der Waals surface area contributed by atoms with Crippen molar-refractivity contribution in [1.29, 1.82) is 0 Å². The standard InChI is InChI=1S/C25H19NO3S/c1-26-23-14-8-7-13-22(23)25(24(26)27,30(28,29)21-11-3-2-4-12-21)20-16-15-18-9-5-6-10-19(18)17-20/h2-17H,1H3. The van der Waals surface area contributed by atoms with Gasteiger partial charge in [0.25, 0.3) is 5.91 Å². The molecule has 30 heavy (non-hydrogen) atoms. The lowest BCUT2D eigenvalue weighted by Gasteiger charge is -2.29. The highest BCUT2D eigenvalue weighted by Gasteiger charge is 2.60. The molecule has 4 aromatic carbocycles. The minimum atomic E-state index is -4.11. The molecule has 0 N–H and O–H groups in total. The van der Waals surface area contributed by atoms with Crippen molar-refractivity contribution in [3.05, 3.63) is 108 Å². The highest BCUT2D eigenvalue weighted by molar-refractivity contribution is 7.93. The van der Waals surface area contributed by atoms with Crippen LogP contribution in [-0.4, -0.2) is 21.4 Å². The zero-order valence-electron chi connectivity index (χ0n) is 16.3. The van der Waals surface area contributed by atoms with Crippen molar-refractivity contribution in [1.82, 2.24) is 0 Å². The third-order valence-electron chi connectivity index (χ3n) is 5.86. The lowest BCUT2D eigenvalue weighted by atomic mass is 9.90. The van der Waals surface area contributed by atoms with Gasteiger partial charge in [-0.3, -0.25) is 4.79 Å². The smallest absolute Gasteiger partial charge is 0.257 e. The molecule has 1 atom stereocenters. The second-order valence-electron chi connectivity index (χ2n) is 7.44. The molecule has 0 aromatic heterocycles. The predicted octanol–water partition coefficient (Wildman–Crippen LogP) is 4.53. The molecule has 0 fully saturated rings. The molecule has 1 aliphatic rings. The molecule has 5 heteroatoms. The number of hydrogen-bond acceptors (Lipinski definition) is 3. The number of nitrogens with zero attached hydrogens (tertiary/aromatic N) is 1. The molecule has 148 valence electrons. The number of anilines is 1. The maximum Gasteiger partial charge on any atom is 0.257 e. The second kappa shape index (κ2) is 6.54. The fourth-order valence-corrected chi connectivity index (χ4v) is 6.54. The van der Waals surface area contributed by atoms with Crippen LogP contribution in [-0.2, 0) is 19.4 Å². The van der Waals surface area contributed by atoms with Gasteiger partial charge in [-0.15, -0.1) is 0 Å². The SMILES string of the molecule is CN1C(=O)C(c2ccc3ccccc3c2)(S(=O)(=O)c2ccccc2)c2ccccc21. The van der Waals surface area contributed by atoms with Crippen molar-refractivity contribution in [2.75, 3.05) is 11.9 Å². The minimum absolute atomic E-state index is 0.122. The van der Waals surface area contributed by atoms with Gasteiger partial charge in [0, 0.05) is 18.3 Å². The van der Waals surface area contributed by atoms with Gasteiger partial charge in [0.2, 0.25) is 14.6 Å². The molecular formula is C25H19NO3S. The quantitative estimate of drug-likeness (QED) is 0.496. The van der Waals surface area contributed by atoms with E-state index in [1.807, 2.05) is 42.5 Å². The fraction of sp³-hybridized carbons (Fsp3) is 0.0800. The summed E-state index contributed by atoms with van der Waals surface area (Å²) in [6.45, 7) is 0. The molecule has 1 amide bonds. The molecule has 4 nitrogen and oxygen atoms in total. The fourth-order valence-electron chi connectivity index (χ4n) is 4.40. The molecule has 1 heterocycles. The number of rotatable bonds is 3. The molecule has 1 unspecified atom stereocenters. The van der Waals surface area contributed by atoms with E-state index in [-0.39, 0.29) is 4.90 Å². The number of benzene rings is 4. The number of amides is 1. The Bertz CT molecular complexity index is 1400. The Labute approximate surface area is 175 Å². The average Bonchev–Trinajstić information content (AvgIpc) is 3.02. The molecule has 0 spiro atoms. The van der Waals surface area contributed by atoms with Crippen LogP contribution in [0.15, 0.2) is 102 Å². The molecule has 0 aliphatic carbocycles. The Morgan fingerprint density at radius 1 is 0.733 bits per heavy atom. The van der Waals surface area contributed by atoms with Gasteiger partial charge in [0.05, 0.1) is 4.90 Å². The normalized spacial score (nSPS) is 18.6. The van der Waals surface area contributed by atoms with E-state index in [9.17, 15) is 13.2 Å². The van der Waals surface area contributed by atoms with E-state index < -0.39 is 20.5 Å². The largest absolute Gasteiger partial charge is 0.313 e. The molecule has 4 aromatic rings. The molecule has 0 saturated heterocycles. The van der Waals surface area contributed by atoms with E-state index >= 15 is 0 Å². The van der Waals surface area contributed by atoms with Crippen LogP contribution in [0.2, 0.25) is 0 Å². The summed E-state index contributed by atoms with van der Waals surface area (Å²) < 4.78 is 26.5. The van der Waals surface area contributed by atoms with Crippen LogP contribution in [0.5, 0.6) is 0 Å². The molecule has 0 bridgehead atoms. The summed E-state index contributed by atoms with van der Waals surface area (Å²) in [6, 6.07) is 28.5. The van der Waals surface area contributed by atoms with Gasteiger partial charge in [0.1, 0.15) is 0 Å². The molecule has 1 aliphatic heterocycles. The minimum Gasteiger partial charge on any atom is -0.313 e. The monoisotopic (exact) mass is 413 g/mol. The number of sulfone groups is 1. The van der Waals surface area contributed by atoms with Crippen LogP contribution in [0.3, 0.4) is 0 Å². The van der Waals surface area contributed by atoms with E-state index in [2.05, 4.69) is 0 Å². The summed E-state index contributed by atoms with van der Waals surface area (Å²) in [6.07, 6.45) is 0. The first-order valence-corrected chi connectivity index (χ1v) is 11.1. The van der Waals surface area contributed by atoms with Gasteiger partial charge in [0.15, 0.2) is 0 Å². The Balaban J connectivity index is 1.92. The Hall–Kier alpha value is -3.44. The predicted molar refractivity (Wildman–Crippen MR) is 118 cm³/mol. The van der Waals surface area contributed by atoms with Crippen LogP contribution in [0.4, 0.5) is 5.69 Å². The van der Waals surface area contributed by atoms with Crippen LogP contribution < -0.4 is 4.90 Å². The first-order valence-electron chi connectivity index (χ1n) is 9.64. The summed E-state index contributed by atoms with van der Waals surface area (Å²) in [4.78, 5) is 15.4. The third-order valence-corrected chi connectivity index (χ3v) is 8.19. The number of para-hydroxylation sites is 1. The van der Waals surface area contributed by atoms with Crippen LogP contribution >= 0.6 is 0 Å². The average molecular weight is 413 g/mol. The topological polar surface area (TPSA) is 54.5 Å². The summed E-state index contributed by atoms with van der Waals surface area (Å²) in [5.41, 5.74) is 1.54. The van der Waals surface area contributed by atoms with Gasteiger partial charge in [-0.1, -0.05) is 72.8 Å². The Morgan fingerprint density at radius 2 is 1.37 bits per heavy atom. The molecule has 0 radical (unpaired) electrons. The van der Waals surface area contributed by atoms with E-state index in [4.69, 9.17) is 0 Å². The van der Waals surface area contributed by atoms with E-state index in [1.54, 1.807) is 61.6 Å². The summed E-state index contributed by atoms with van der Waals surface area (Å²) in [7, 11) is -2.48. The highest BCUT2D eigenvalue weighted by Crippen LogP contribution is 2.51. The molecular weight excluding hydrogens is 394 g/mol. The summed E-state index contributed by atoms with van der Waals surface area (Å²) >= 11 is 0. The molecule has 0 saturated carbocycles. The lowest BCUT2D eigenvalue weighted by Crippen LogP contribution is -2.46. The molecule has 5 rings (SSSR count). The van der Waals surface area contributed by atoms with Crippen LogP contribution in [0, 0.1) is 0 Å². The van der Waals surface area contributed by atoms with Crippen LogP contribution in [0.25, 0.3) is 10.8 Å². The lowest BCUT2D eigenvalue weighted by molar-refractivity contribution is -0.119. The Kier molecular flexibility index (Phi) is 4.05. The van der Waals surface area contributed by atoms with E-state index in [0.717, 1.165) is 10.8 Å². The number of likely N-dealkylation sites (N-methyl/N-ethyl adjacent to an activating group) is 1. The van der Waals surface area contributed by atoms with Crippen molar-refractivity contribution in [3.63, 3.8) is 0 Å². The number of carbonyl (C=O) groups excluding carboxylic acids is 1. The second-order valence-corrected chi connectivity index (χ2v) is 9.53. The van der Waals surface area contributed by atoms with Crippen molar-refractivity contribution in [3.8, 4) is 0 Å². The van der Waals surface area contributed by atoms with Gasteiger partial charge in [-0.2, -0.15) is 0 Å². The first kappa shape index (κ1) is 18.6. The van der Waals surface area contributed by atoms with Crippen molar-refractivity contribution < 1.29 is 13.2 Å². The van der Waals surface area contributed by atoms with Crippen molar-refractivity contribution >= 4 is 32.2 Å². The van der Waals surface area contributed by atoms with Crippen molar-refractivity contribution in [2.24, 2.45) is 0 Å². The zero-order valence-corrected chi connectivity index (χ0v) is 17.1. The number of carbonyl (C=O) groups is 1. The zero-order chi connectivity index (χ0) is 20.9. The van der Waals surface area contributed by atoms with E-state index in [1.165, 1.54) is 4.90 Å². The summed E-state index contributed by atoms with van der Waals surface area (Å²) in [5.74, 6) is -0.470. The maximum atomic E-state index is 14.2. The number of hydrogen-bond donors (Lipinski definition) is 0. The highest BCUT2D eigenvalue weighted by atomic mass is 32.2. The number of fused-ring (bicyclic) bond motifs is 2.